The first kappa shape index (κ1) is 8.97. The highest BCUT2D eigenvalue weighted by atomic mass is 16.5. The van der Waals surface area contributed by atoms with Crippen LogP contribution in [0.15, 0.2) is 53.3 Å². The Labute approximate surface area is 92.2 Å². The van der Waals surface area contributed by atoms with Crippen molar-refractivity contribution in [1.29, 1.82) is 0 Å². The third-order valence-electron chi connectivity index (χ3n) is 2.26. The standard InChI is InChI=1S/C13H8NO2/c1-2-4-11-9-12(6-5-10(11)3-1)16-13-7-8-15-14-13/h1-8H. The van der Waals surface area contributed by atoms with Gasteiger partial charge in [0.15, 0.2) is 0 Å². The van der Waals surface area contributed by atoms with Gasteiger partial charge in [-0.2, -0.15) is 0 Å². The highest BCUT2D eigenvalue weighted by Gasteiger charge is 2.01. The lowest BCUT2D eigenvalue weighted by Gasteiger charge is -2.02. The maximum absolute atomic E-state index is 5.47. The van der Waals surface area contributed by atoms with Crippen LogP contribution in [0.4, 0.5) is 0 Å². The first-order valence-corrected chi connectivity index (χ1v) is 4.91. The summed E-state index contributed by atoms with van der Waals surface area (Å²) in [6.45, 7) is 0. The molecule has 16 heavy (non-hydrogen) atoms. The zero-order valence-electron chi connectivity index (χ0n) is 8.38. The molecule has 2 aromatic carbocycles. The summed E-state index contributed by atoms with van der Waals surface area (Å²) in [5.74, 6) is 1.07. The van der Waals surface area contributed by atoms with Crippen LogP contribution in [0.25, 0.3) is 10.8 Å². The Hall–Kier alpha value is -2.29. The number of hydrogen-bond donors (Lipinski definition) is 0. The van der Waals surface area contributed by atoms with E-state index in [0.29, 0.717) is 11.6 Å². The number of aromatic nitrogens is 1. The van der Waals surface area contributed by atoms with E-state index in [4.69, 9.17) is 4.74 Å². The summed E-state index contributed by atoms with van der Waals surface area (Å²) in [5.41, 5.74) is 0. The van der Waals surface area contributed by atoms with Crippen molar-refractivity contribution >= 4 is 10.8 Å². The molecule has 1 heterocycles. The van der Waals surface area contributed by atoms with Gasteiger partial charge in [-0.15, -0.1) is 0 Å². The topological polar surface area (TPSA) is 35.3 Å². The summed E-state index contributed by atoms with van der Waals surface area (Å²) in [4.78, 5) is 0. The lowest BCUT2D eigenvalue weighted by atomic mass is 10.1. The molecular formula is C13H8NO2. The molecule has 3 rings (SSSR count). The molecule has 77 valence electrons. The second-order valence-corrected chi connectivity index (χ2v) is 3.35. The van der Waals surface area contributed by atoms with E-state index in [2.05, 4.69) is 15.7 Å². The van der Waals surface area contributed by atoms with Gasteiger partial charge >= 0.3 is 0 Å². The molecule has 3 aromatic rings. The highest BCUT2D eigenvalue weighted by molar-refractivity contribution is 5.83. The van der Waals surface area contributed by atoms with E-state index in [0.717, 1.165) is 10.8 Å². The molecule has 0 unspecified atom stereocenters. The molecular weight excluding hydrogens is 202 g/mol. The summed E-state index contributed by atoms with van der Waals surface area (Å²) in [7, 11) is 0. The van der Waals surface area contributed by atoms with Gasteiger partial charge in [0.05, 0.1) is 0 Å². The minimum absolute atomic E-state index is 0.437. The van der Waals surface area contributed by atoms with Gasteiger partial charge in [-0.05, 0) is 22.0 Å². The van der Waals surface area contributed by atoms with Crippen LogP contribution in [0.5, 0.6) is 11.6 Å². The van der Waals surface area contributed by atoms with Crippen molar-refractivity contribution in [2.75, 3.05) is 0 Å². The minimum Gasteiger partial charge on any atom is -0.436 e. The molecule has 1 aromatic heterocycles. The van der Waals surface area contributed by atoms with Gasteiger partial charge in [0.2, 0.25) is 0 Å². The Morgan fingerprint density at radius 2 is 2.00 bits per heavy atom. The molecule has 0 aliphatic heterocycles. The molecule has 0 saturated carbocycles. The molecule has 0 saturated heterocycles. The summed E-state index contributed by atoms with van der Waals surface area (Å²) in [6.07, 6.45) is 1.47. The molecule has 0 amide bonds. The molecule has 0 fully saturated rings. The van der Waals surface area contributed by atoms with E-state index < -0.39 is 0 Å². The van der Waals surface area contributed by atoms with Crippen LogP contribution in [-0.4, -0.2) is 5.16 Å². The average Bonchev–Trinajstić information content (AvgIpc) is 2.82. The Kier molecular flexibility index (Phi) is 2.07. The van der Waals surface area contributed by atoms with Gasteiger partial charge in [0.25, 0.3) is 5.88 Å². The van der Waals surface area contributed by atoms with Crippen LogP contribution in [0, 0.1) is 6.07 Å². The lowest BCUT2D eigenvalue weighted by Crippen LogP contribution is -1.84. The smallest absolute Gasteiger partial charge is 0.259 e. The van der Waals surface area contributed by atoms with Crippen molar-refractivity contribution in [2.45, 2.75) is 0 Å². The van der Waals surface area contributed by atoms with Gasteiger partial charge in [-0.25, -0.2) is 0 Å². The number of nitrogens with zero attached hydrogens (tertiary/aromatic N) is 1. The Morgan fingerprint density at radius 3 is 2.88 bits per heavy atom. The SMILES string of the molecule is [c]1c(Oc2ccon2)ccc2ccccc12. The maximum Gasteiger partial charge on any atom is 0.259 e. The molecule has 0 aliphatic rings. The van der Waals surface area contributed by atoms with Crippen LogP contribution in [0.2, 0.25) is 0 Å². The van der Waals surface area contributed by atoms with Gasteiger partial charge in [0, 0.05) is 12.1 Å². The molecule has 0 bridgehead atoms. The molecule has 3 nitrogen and oxygen atoms in total. The average molecular weight is 210 g/mol. The van der Waals surface area contributed by atoms with Crippen LogP contribution in [0.1, 0.15) is 0 Å². The first-order chi connectivity index (χ1) is 7.92. The maximum atomic E-state index is 5.47. The fourth-order valence-electron chi connectivity index (χ4n) is 1.52. The van der Waals surface area contributed by atoms with E-state index in [1.54, 1.807) is 6.07 Å². The number of hydrogen-bond acceptors (Lipinski definition) is 3. The third kappa shape index (κ3) is 1.63. The normalized spacial score (nSPS) is 10.5. The van der Waals surface area contributed by atoms with Gasteiger partial charge in [0.1, 0.15) is 12.0 Å². The fraction of sp³-hybridized carbons (Fsp3) is 0. The van der Waals surface area contributed by atoms with Crippen molar-refractivity contribution in [3.05, 3.63) is 54.8 Å². The van der Waals surface area contributed by atoms with Crippen molar-refractivity contribution in [3.63, 3.8) is 0 Å². The van der Waals surface area contributed by atoms with E-state index in [-0.39, 0.29) is 0 Å². The summed E-state index contributed by atoms with van der Waals surface area (Å²) >= 11 is 0. The Balaban J connectivity index is 1.99. The second-order valence-electron chi connectivity index (χ2n) is 3.35. The Bertz CT molecular complexity index is 602. The molecule has 0 atom stereocenters. The zero-order valence-corrected chi connectivity index (χ0v) is 8.38. The molecule has 0 N–H and O–H groups in total. The van der Waals surface area contributed by atoms with Crippen molar-refractivity contribution in [2.24, 2.45) is 0 Å². The number of ether oxygens (including phenoxy) is 1. The van der Waals surface area contributed by atoms with E-state index in [1.807, 2.05) is 36.4 Å². The first-order valence-electron chi connectivity index (χ1n) is 4.91. The molecule has 0 spiro atoms. The summed E-state index contributed by atoms with van der Waals surface area (Å²) < 4.78 is 10.2. The zero-order chi connectivity index (χ0) is 10.8. The largest absolute Gasteiger partial charge is 0.436 e. The van der Waals surface area contributed by atoms with Crippen molar-refractivity contribution < 1.29 is 9.26 Å². The molecule has 0 aliphatic carbocycles. The number of benzene rings is 2. The second kappa shape index (κ2) is 3.70. The highest BCUT2D eigenvalue weighted by Crippen LogP contribution is 2.23. The predicted octanol–water partition coefficient (Wildman–Crippen LogP) is 3.42. The van der Waals surface area contributed by atoms with Gasteiger partial charge in [-0.3, -0.25) is 0 Å². The van der Waals surface area contributed by atoms with E-state index >= 15 is 0 Å². The number of fused-ring (bicyclic) bond motifs is 1. The monoisotopic (exact) mass is 210 g/mol. The number of rotatable bonds is 2. The predicted molar refractivity (Wildman–Crippen MR) is 59.4 cm³/mol. The third-order valence-corrected chi connectivity index (χ3v) is 2.26. The van der Waals surface area contributed by atoms with Crippen LogP contribution >= 0.6 is 0 Å². The van der Waals surface area contributed by atoms with Gasteiger partial charge < -0.3 is 9.26 Å². The van der Waals surface area contributed by atoms with E-state index in [9.17, 15) is 0 Å². The van der Waals surface area contributed by atoms with Crippen LogP contribution in [-0.2, 0) is 0 Å². The van der Waals surface area contributed by atoms with Crippen molar-refractivity contribution in [1.82, 2.24) is 5.16 Å². The molecule has 3 heteroatoms. The van der Waals surface area contributed by atoms with Crippen molar-refractivity contribution in [3.8, 4) is 11.6 Å². The summed E-state index contributed by atoms with van der Waals surface area (Å²) in [6, 6.07) is 16.7. The lowest BCUT2D eigenvalue weighted by molar-refractivity contribution is 0.367. The minimum atomic E-state index is 0.437. The van der Waals surface area contributed by atoms with Gasteiger partial charge in [-0.1, -0.05) is 30.3 Å². The molecule has 1 radical (unpaired) electrons. The quantitative estimate of drug-likeness (QED) is 0.650. The van der Waals surface area contributed by atoms with Crippen LogP contribution < -0.4 is 4.74 Å². The Morgan fingerprint density at radius 1 is 1.06 bits per heavy atom. The fourth-order valence-corrected chi connectivity index (χ4v) is 1.52. The van der Waals surface area contributed by atoms with E-state index in [1.165, 1.54) is 6.26 Å². The summed E-state index contributed by atoms with van der Waals surface area (Å²) in [5, 5.41) is 5.83. The van der Waals surface area contributed by atoms with Crippen LogP contribution in [0.3, 0.4) is 0 Å².